The zero-order valence-electron chi connectivity index (χ0n) is 34.7. The number of benzene rings is 2. The van der Waals surface area contributed by atoms with Gasteiger partial charge in [-0.15, -0.1) is 11.3 Å². The van der Waals surface area contributed by atoms with Crippen LogP contribution < -0.4 is 15.4 Å². The molecule has 58 heavy (non-hydrogen) atoms. The van der Waals surface area contributed by atoms with E-state index in [0.29, 0.717) is 88.4 Å². The standard InChI is InChI=1S/C44H62N6O7S/c1-5-32(4)50(22-18-45-17-11-35-9-10-37(51)40-41(35)56-28-38(52)47-40)39(53)14-25-55-24-13-34-8-6-7-33(27-34)12-19-48-20-15-44(16-21-48)30-49(23-26-57-44)43(54)36-29-58-42(46-36)31(2)3/h6-10,27,29,31-32,45,51H,5,11-26,28,30H2,1-4H3,(H,47,52). The molecule has 316 valence electrons. The first-order valence-corrected chi connectivity index (χ1v) is 22.0. The van der Waals surface area contributed by atoms with Gasteiger partial charge in [-0.1, -0.05) is 51.1 Å². The molecular weight excluding hydrogens is 757 g/mol. The lowest BCUT2D eigenvalue weighted by atomic mass is 9.89. The minimum Gasteiger partial charge on any atom is -0.506 e. The summed E-state index contributed by atoms with van der Waals surface area (Å²) in [5.74, 6) is 0.651. The third-order valence-corrected chi connectivity index (χ3v) is 12.8. The van der Waals surface area contributed by atoms with Gasteiger partial charge in [0.2, 0.25) is 5.91 Å². The summed E-state index contributed by atoms with van der Waals surface area (Å²) in [5, 5.41) is 19.1. The zero-order chi connectivity index (χ0) is 41.1. The number of hydrogen-bond acceptors (Lipinski definition) is 11. The van der Waals surface area contributed by atoms with Gasteiger partial charge in [-0.05, 0) is 74.8 Å². The molecule has 2 fully saturated rings. The summed E-state index contributed by atoms with van der Waals surface area (Å²) in [4.78, 5) is 49.2. The molecule has 2 aromatic carbocycles. The van der Waals surface area contributed by atoms with Gasteiger partial charge in [-0.25, -0.2) is 4.98 Å². The fourth-order valence-corrected chi connectivity index (χ4v) is 8.72. The number of carbonyl (C=O) groups is 3. The molecule has 1 unspecified atom stereocenters. The van der Waals surface area contributed by atoms with E-state index in [1.165, 1.54) is 11.1 Å². The van der Waals surface area contributed by atoms with E-state index in [1.54, 1.807) is 17.4 Å². The fourth-order valence-electron chi connectivity index (χ4n) is 7.91. The molecule has 3 aliphatic rings. The summed E-state index contributed by atoms with van der Waals surface area (Å²) in [6, 6.07) is 12.2. The van der Waals surface area contributed by atoms with Gasteiger partial charge >= 0.3 is 0 Å². The third-order valence-electron chi connectivity index (χ3n) is 11.6. The van der Waals surface area contributed by atoms with Gasteiger partial charge in [0, 0.05) is 56.6 Å². The van der Waals surface area contributed by atoms with Crippen LogP contribution in [0.1, 0.15) is 91.5 Å². The van der Waals surface area contributed by atoms with E-state index in [4.69, 9.17) is 14.2 Å². The van der Waals surface area contributed by atoms with Crippen molar-refractivity contribution in [2.75, 3.05) is 84.1 Å². The van der Waals surface area contributed by atoms with Crippen LogP contribution in [0.2, 0.25) is 0 Å². The summed E-state index contributed by atoms with van der Waals surface area (Å²) in [6.07, 6.45) is 5.46. The quantitative estimate of drug-likeness (QED) is 0.108. The van der Waals surface area contributed by atoms with Crippen molar-refractivity contribution >= 4 is 34.7 Å². The van der Waals surface area contributed by atoms with Crippen molar-refractivity contribution in [2.45, 2.75) is 90.2 Å². The van der Waals surface area contributed by atoms with Crippen LogP contribution in [0.15, 0.2) is 41.8 Å². The van der Waals surface area contributed by atoms with Crippen LogP contribution in [0.3, 0.4) is 0 Å². The zero-order valence-corrected chi connectivity index (χ0v) is 35.5. The molecule has 0 bridgehead atoms. The Morgan fingerprint density at radius 3 is 2.62 bits per heavy atom. The molecule has 0 radical (unpaired) electrons. The topological polar surface area (TPSA) is 146 Å². The minimum absolute atomic E-state index is 0.0115. The Hall–Kier alpha value is -4.08. The predicted octanol–water partition coefficient (Wildman–Crippen LogP) is 5.26. The fraction of sp³-hybridized carbons (Fsp3) is 0.591. The van der Waals surface area contributed by atoms with Crippen molar-refractivity contribution in [2.24, 2.45) is 0 Å². The lowest BCUT2D eigenvalue weighted by Gasteiger charge is -2.47. The Bertz CT molecular complexity index is 1840. The average molecular weight is 819 g/mol. The van der Waals surface area contributed by atoms with Gasteiger partial charge in [0.25, 0.3) is 11.8 Å². The van der Waals surface area contributed by atoms with E-state index in [9.17, 15) is 19.5 Å². The first-order valence-electron chi connectivity index (χ1n) is 21.1. The number of anilines is 1. The van der Waals surface area contributed by atoms with Crippen LogP contribution in [0.25, 0.3) is 0 Å². The number of hydrogen-bond donors (Lipinski definition) is 3. The van der Waals surface area contributed by atoms with Gasteiger partial charge in [0.1, 0.15) is 17.1 Å². The number of amides is 3. The van der Waals surface area contributed by atoms with Crippen molar-refractivity contribution in [1.82, 2.24) is 25.0 Å². The molecule has 2 saturated heterocycles. The van der Waals surface area contributed by atoms with E-state index < -0.39 is 0 Å². The summed E-state index contributed by atoms with van der Waals surface area (Å²) >= 11 is 1.57. The van der Waals surface area contributed by atoms with Crippen molar-refractivity contribution < 1.29 is 33.7 Å². The number of phenolic OH excluding ortho intramolecular Hbond substituents is 1. The largest absolute Gasteiger partial charge is 0.506 e. The van der Waals surface area contributed by atoms with Crippen LogP contribution in [0, 0.1) is 0 Å². The summed E-state index contributed by atoms with van der Waals surface area (Å²) < 4.78 is 17.9. The second kappa shape index (κ2) is 20.7. The Morgan fingerprint density at radius 2 is 1.86 bits per heavy atom. The maximum atomic E-state index is 13.3. The van der Waals surface area contributed by atoms with Crippen molar-refractivity contribution in [3.8, 4) is 11.5 Å². The number of piperidine rings is 1. The predicted molar refractivity (Wildman–Crippen MR) is 226 cm³/mol. The van der Waals surface area contributed by atoms with E-state index >= 15 is 0 Å². The molecule has 3 N–H and O–H groups in total. The number of aromatic nitrogens is 1. The number of phenols is 1. The van der Waals surface area contributed by atoms with Crippen LogP contribution in [0.4, 0.5) is 5.69 Å². The molecule has 1 atom stereocenters. The molecule has 13 nitrogen and oxygen atoms in total. The Kier molecular flexibility index (Phi) is 15.6. The van der Waals surface area contributed by atoms with E-state index in [2.05, 4.69) is 72.5 Å². The smallest absolute Gasteiger partial charge is 0.273 e. The van der Waals surface area contributed by atoms with Gasteiger partial charge in [0.05, 0.1) is 43.4 Å². The number of rotatable bonds is 19. The third kappa shape index (κ3) is 11.6. The van der Waals surface area contributed by atoms with Crippen LogP contribution in [-0.2, 0) is 38.3 Å². The van der Waals surface area contributed by atoms with Crippen LogP contribution in [-0.4, -0.2) is 133 Å². The van der Waals surface area contributed by atoms with E-state index in [0.717, 1.165) is 62.3 Å². The van der Waals surface area contributed by atoms with Gasteiger partial charge < -0.3 is 44.7 Å². The lowest BCUT2D eigenvalue weighted by Crippen LogP contribution is -2.58. The second-order valence-corrected chi connectivity index (χ2v) is 17.0. The Labute approximate surface area is 347 Å². The monoisotopic (exact) mass is 818 g/mol. The number of aromatic hydroxyl groups is 1. The first-order chi connectivity index (χ1) is 28.0. The number of likely N-dealkylation sites (tertiary alicyclic amines) is 1. The summed E-state index contributed by atoms with van der Waals surface area (Å²) in [6.45, 7) is 15.9. The number of fused-ring (bicyclic) bond motifs is 1. The number of nitrogens with one attached hydrogen (secondary N) is 2. The second-order valence-electron chi connectivity index (χ2n) is 16.1. The number of carbonyl (C=O) groups excluding carboxylic acids is 3. The summed E-state index contributed by atoms with van der Waals surface area (Å²) in [7, 11) is 0. The molecule has 14 heteroatoms. The number of thiazole rings is 1. The maximum absolute atomic E-state index is 13.3. The van der Waals surface area contributed by atoms with Gasteiger partial charge in [0.15, 0.2) is 12.4 Å². The average Bonchev–Trinajstić information content (AvgIpc) is 3.73. The number of morpholine rings is 1. The highest BCUT2D eigenvalue weighted by atomic mass is 32.1. The normalized spacial score (nSPS) is 17.2. The molecule has 3 aromatic rings. The maximum Gasteiger partial charge on any atom is 0.273 e. The first kappa shape index (κ1) is 43.5. The highest BCUT2D eigenvalue weighted by molar-refractivity contribution is 7.09. The van der Waals surface area contributed by atoms with E-state index in [1.807, 2.05) is 21.2 Å². The van der Waals surface area contributed by atoms with Crippen LogP contribution in [0.5, 0.6) is 11.5 Å². The minimum atomic E-state index is -0.286. The molecule has 1 spiro atoms. The SMILES string of the molecule is CCC(C)N(CCNCCc1ccc(O)c2c1OCC(=O)N2)C(=O)CCOCCc1cccc(CCN2CCC3(CC2)CN(C(=O)c2csc(C(C)C)n2)CCO3)c1. The Morgan fingerprint density at radius 1 is 1.07 bits per heavy atom. The molecule has 0 saturated carbocycles. The molecular formula is C44H62N6O7S. The van der Waals surface area contributed by atoms with Crippen molar-refractivity contribution in [1.29, 1.82) is 0 Å². The van der Waals surface area contributed by atoms with Gasteiger partial charge in [-0.2, -0.15) is 0 Å². The molecule has 6 rings (SSSR count). The van der Waals surface area contributed by atoms with Crippen molar-refractivity contribution in [3.63, 3.8) is 0 Å². The lowest BCUT2D eigenvalue weighted by molar-refractivity contribution is -0.134. The molecule has 3 amide bonds. The molecule has 4 heterocycles. The van der Waals surface area contributed by atoms with Crippen molar-refractivity contribution in [3.05, 3.63) is 69.2 Å². The number of nitrogens with zero attached hydrogens (tertiary/aromatic N) is 4. The molecule has 1 aromatic heterocycles. The molecule has 3 aliphatic heterocycles. The highest BCUT2D eigenvalue weighted by Gasteiger charge is 2.41. The highest BCUT2D eigenvalue weighted by Crippen LogP contribution is 2.39. The van der Waals surface area contributed by atoms with E-state index in [-0.39, 0.29) is 41.7 Å². The number of ether oxygens (including phenoxy) is 3. The molecule has 0 aliphatic carbocycles. The van der Waals surface area contributed by atoms with Crippen LogP contribution >= 0.6 is 11.3 Å². The van der Waals surface area contributed by atoms with Gasteiger partial charge in [-0.3, -0.25) is 14.4 Å². The Balaban J connectivity index is 0.861. The summed E-state index contributed by atoms with van der Waals surface area (Å²) in [5.41, 5.74) is 4.06.